The van der Waals surface area contributed by atoms with Gasteiger partial charge in [0, 0.05) is 6.04 Å². The van der Waals surface area contributed by atoms with E-state index in [1.807, 2.05) is 0 Å². The monoisotopic (exact) mass is 153 g/mol. The molecule has 0 bridgehead atoms. The lowest BCUT2D eigenvalue weighted by Crippen LogP contribution is -2.32. The molecule has 0 saturated carbocycles. The summed E-state index contributed by atoms with van der Waals surface area (Å²) in [6.07, 6.45) is -3.78. The molecule has 0 spiro atoms. The molecule has 1 N–H and O–H groups in total. The summed E-state index contributed by atoms with van der Waals surface area (Å²) in [6.45, 7) is 2.07. The molecule has 0 radical (unpaired) electrons. The van der Waals surface area contributed by atoms with Gasteiger partial charge in [0.2, 0.25) is 0 Å². The van der Waals surface area contributed by atoms with Crippen LogP contribution >= 0.6 is 0 Å². The number of halogens is 3. The van der Waals surface area contributed by atoms with Crippen molar-refractivity contribution in [2.24, 2.45) is 5.92 Å². The Hall–Kier alpha value is -0.250. The van der Waals surface area contributed by atoms with Crippen LogP contribution in [-0.4, -0.2) is 18.8 Å². The molecule has 0 aromatic rings. The summed E-state index contributed by atoms with van der Waals surface area (Å²) in [7, 11) is 0. The number of alkyl halides is 3. The first-order valence-corrected chi connectivity index (χ1v) is 3.32. The lowest BCUT2D eigenvalue weighted by molar-refractivity contribution is -0.175. The summed E-state index contributed by atoms with van der Waals surface area (Å²) in [4.78, 5) is 0. The molecule has 4 heteroatoms. The van der Waals surface area contributed by atoms with Gasteiger partial charge in [-0.1, -0.05) is 0 Å². The predicted molar refractivity (Wildman–Crippen MR) is 31.6 cm³/mol. The minimum Gasteiger partial charge on any atom is -0.314 e. The average Bonchev–Trinajstić information content (AvgIpc) is 2.11. The van der Waals surface area contributed by atoms with Gasteiger partial charge in [0.1, 0.15) is 0 Å². The molecule has 1 aliphatic rings. The fraction of sp³-hybridized carbons (Fsp3) is 1.00. The molecular weight excluding hydrogens is 143 g/mol. The van der Waals surface area contributed by atoms with Crippen molar-refractivity contribution in [3.63, 3.8) is 0 Å². The van der Waals surface area contributed by atoms with Gasteiger partial charge in [0.05, 0.1) is 5.92 Å². The van der Waals surface area contributed by atoms with Gasteiger partial charge in [0.25, 0.3) is 0 Å². The highest BCUT2D eigenvalue weighted by Crippen LogP contribution is 2.33. The molecule has 1 nitrogen and oxygen atoms in total. The van der Waals surface area contributed by atoms with E-state index in [0.29, 0.717) is 6.54 Å². The Bertz CT molecular complexity index is 121. The van der Waals surface area contributed by atoms with Gasteiger partial charge in [-0.05, 0) is 19.9 Å². The largest absolute Gasteiger partial charge is 0.393 e. The Labute approximate surface area is 57.6 Å². The van der Waals surface area contributed by atoms with Crippen molar-refractivity contribution in [1.82, 2.24) is 5.32 Å². The van der Waals surface area contributed by atoms with E-state index in [1.54, 1.807) is 6.92 Å². The molecule has 10 heavy (non-hydrogen) atoms. The van der Waals surface area contributed by atoms with Crippen LogP contribution in [-0.2, 0) is 0 Å². The minimum absolute atomic E-state index is 0.227. The fourth-order valence-corrected chi connectivity index (χ4v) is 1.31. The van der Waals surface area contributed by atoms with Gasteiger partial charge < -0.3 is 5.32 Å². The van der Waals surface area contributed by atoms with E-state index >= 15 is 0 Å². The van der Waals surface area contributed by atoms with Crippen molar-refractivity contribution in [2.75, 3.05) is 6.54 Å². The SMILES string of the molecule is C[C@H]1NCC[C@@H]1C(F)(F)F. The maximum absolute atomic E-state index is 12.0. The Balaban J connectivity index is 2.55. The van der Waals surface area contributed by atoms with Gasteiger partial charge in [-0.15, -0.1) is 0 Å². The van der Waals surface area contributed by atoms with E-state index in [9.17, 15) is 13.2 Å². The normalized spacial score (nSPS) is 34.8. The van der Waals surface area contributed by atoms with Crippen LogP contribution in [0, 0.1) is 5.92 Å². The van der Waals surface area contributed by atoms with Gasteiger partial charge in [-0.3, -0.25) is 0 Å². The van der Waals surface area contributed by atoms with Crippen molar-refractivity contribution < 1.29 is 13.2 Å². The summed E-state index contributed by atoms with van der Waals surface area (Å²) in [5.74, 6) is -1.13. The molecule has 2 atom stereocenters. The Morgan fingerprint density at radius 1 is 1.40 bits per heavy atom. The summed E-state index contributed by atoms with van der Waals surface area (Å²) in [5.41, 5.74) is 0. The highest BCUT2D eigenvalue weighted by Gasteiger charge is 2.44. The third kappa shape index (κ3) is 1.42. The van der Waals surface area contributed by atoms with Gasteiger partial charge in [-0.2, -0.15) is 13.2 Å². The number of hydrogen-bond donors (Lipinski definition) is 1. The zero-order chi connectivity index (χ0) is 7.78. The van der Waals surface area contributed by atoms with E-state index in [1.165, 1.54) is 0 Å². The van der Waals surface area contributed by atoms with Crippen LogP contribution in [0.15, 0.2) is 0 Å². The van der Waals surface area contributed by atoms with E-state index in [-0.39, 0.29) is 6.42 Å². The Kier molecular flexibility index (Phi) is 1.90. The van der Waals surface area contributed by atoms with Crippen LogP contribution < -0.4 is 5.32 Å². The molecule has 1 heterocycles. The Morgan fingerprint density at radius 3 is 2.20 bits per heavy atom. The number of nitrogens with one attached hydrogen (secondary N) is 1. The van der Waals surface area contributed by atoms with Gasteiger partial charge >= 0.3 is 6.18 Å². The molecule has 0 aromatic heterocycles. The lowest BCUT2D eigenvalue weighted by atomic mass is 10.0. The second kappa shape index (κ2) is 2.42. The molecule has 0 amide bonds. The quantitative estimate of drug-likeness (QED) is 0.556. The summed E-state index contributed by atoms with van der Waals surface area (Å²) in [5, 5.41) is 2.76. The van der Waals surface area contributed by atoms with Crippen molar-refractivity contribution in [3.05, 3.63) is 0 Å². The van der Waals surface area contributed by atoms with E-state index in [4.69, 9.17) is 0 Å². The summed E-state index contributed by atoms with van der Waals surface area (Å²) < 4.78 is 35.9. The van der Waals surface area contributed by atoms with Crippen molar-refractivity contribution in [2.45, 2.75) is 25.6 Å². The van der Waals surface area contributed by atoms with Crippen LogP contribution in [0.1, 0.15) is 13.3 Å². The molecule has 1 fully saturated rings. The van der Waals surface area contributed by atoms with Crippen LogP contribution in [0.25, 0.3) is 0 Å². The van der Waals surface area contributed by atoms with E-state index in [0.717, 1.165) is 0 Å². The van der Waals surface area contributed by atoms with Crippen LogP contribution in [0.5, 0.6) is 0 Å². The van der Waals surface area contributed by atoms with Crippen LogP contribution in [0.2, 0.25) is 0 Å². The molecular formula is C6H10F3N. The fourth-order valence-electron chi connectivity index (χ4n) is 1.31. The minimum atomic E-state index is -4.01. The third-order valence-electron chi connectivity index (χ3n) is 1.95. The molecule has 1 saturated heterocycles. The first kappa shape index (κ1) is 7.85. The maximum Gasteiger partial charge on any atom is 0.393 e. The lowest BCUT2D eigenvalue weighted by Gasteiger charge is -2.17. The number of rotatable bonds is 0. The zero-order valence-electron chi connectivity index (χ0n) is 5.70. The summed E-state index contributed by atoms with van der Waals surface area (Å²) >= 11 is 0. The van der Waals surface area contributed by atoms with E-state index < -0.39 is 18.1 Å². The van der Waals surface area contributed by atoms with Gasteiger partial charge in [0.15, 0.2) is 0 Å². The predicted octanol–water partition coefficient (Wildman–Crippen LogP) is 1.55. The highest BCUT2D eigenvalue weighted by atomic mass is 19.4. The van der Waals surface area contributed by atoms with Crippen molar-refractivity contribution >= 4 is 0 Å². The van der Waals surface area contributed by atoms with Gasteiger partial charge in [-0.25, -0.2) is 0 Å². The molecule has 60 valence electrons. The molecule has 0 aromatic carbocycles. The van der Waals surface area contributed by atoms with E-state index in [2.05, 4.69) is 5.32 Å². The van der Waals surface area contributed by atoms with Crippen LogP contribution in [0.3, 0.4) is 0 Å². The molecule has 1 aliphatic heterocycles. The number of hydrogen-bond acceptors (Lipinski definition) is 1. The Morgan fingerprint density at radius 2 is 2.00 bits per heavy atom. The van der Waals surface area contributed by atoms with Crippen LogP contribution in [0.4, 0.5) is 13.2 Å². The first-order chi connectivity index (χ1) is 4.52. The third-order valence-corrected chi connectivity index (χ3v) is 1.95. The molecule has 1 rings (SSSR count). The second-order valence-corrected chi connectivity index (χ2v) is 2.68. The second-order valence-electron chi connectivity index (χ2n) is 2.68. The molecule has 0 unspecified atom stereocenters. The average molecular weight is 153 g/mol. The highest BCUT2D eigenvalue weighted by molar-refractivity contribution is 4.84. The molecule has 0 aliphatic carbocycles. The maximum atomic E-state index is 12.0. The summed E-state index contributed by atoms with van der Waals surface area (Å²) in [6, 6.07) is -0.403. The van der Waals surface area contributed by atoms with Crippen molar-refractivity contribution in [3.8, 4) is 0 Å². The topological polar surface area (TPSA) is 12.0 Å². The van der Waals surface area contributed by atoms with Crippen molar-refractivity contribution in [1.29, 1.82) is 0 Å². The first-order valence-electron chi connectivity index (χ1n) is 3.32. The standard InChI is InChI=1S/C6H10F3N/c1-4-5(2-3-10-4)6(7,8)9/h4-5,10H,2-3H2,1H3/t4-,5+/m1/s1. The zero-order valence-corrected chi connectivity index (χ0v) is 5.70. The smallest absolute Gasteiger partial charge is 0.314 e.